The molecule has 45 heavy (non-hydrogen) atoms. The molecular weight excluding hydrogens is 569 g/mol. The summed E-state index contributed by atoms with van der Waals surface area (Å²) in [6, 6.07) is 49.9. The topological polar surface area (TPSA) is 31.0 Å². The van der Waals surface area contributed by atoms with Crippen molar-refractivity contribution < 1.29 is 4.42 Å². The number of para-hydroxylation sites is 2. The summed E-state index contributed by atoms with van der Waals surface area (Å²) in [5.74, 6) is 0. The molecule has 0 atom stereocenters. The zero-order valence-corrected chi connectivity index (χ0v) is 24.9. The SMILES string of the molecule is c1cc(-c2cc3oc4ccccc4c3cn2)cc(-n2c3ccccc3c3cc(-c4cccc5c4sc4ccccc45)ccc32)c1. The van der Waals surface area contributed by atoms with E-state index in [0.717, 1.165) is 38.9 Å². The Bertz CT molecular complexity index is 2780. The van der Waals surface area contributed by atoms with Gasteiger partial charge in [-0.3, -0.25) is 4.98 Å². The molecule has 6 aromatic carbocycles. The third-order valence-electron chi connectivity index (χ3n) is 9.05. The number of rotatable bonds is 3. The fourth-order valence-corrected chi connectivity index (χ4v) is 8.21. The van der Waals surface area contributed by atoms with E-state index in [1.165, 1.54) is 53.1 Å². The Hall–Kier alpha value is -5.71. The Morgan fingerprint density at radius 1 is 0.511 bits per heavy atom. The number of thiophene rings is 1. The average molecular weight is 593 g/mol. The largest absolute Gasteiger partial charge is 0.456 e. The van der Waals surface area contributed by atoms with Crippen LogP contribution in [0.2, 0.25) is 0 Å². The summed E-state index contributed by atoms with van der Waals surface area (Å²) < 4.78 is 11.2. The summed E-state index contributed by atoms with van der Waals surface area (Å²) in [5, 5.41) is 7.26. The fourth-order valence-electron chi connectivity index (χ4n) is 6.98. The molecule has 0 aliphatic carbocycles. The van der Waals surface area contributed by atoms with Gasteiger partial charge >= 0.3 is 0 Å². The highest BCUT2D eigenvalue weighted by Gasteiger charge is 2.16. The zero-order valence-electron chi connectivity index (χ0n) is 24.1. The van der Waals surface area contributed by atoms with Gasteiger partial charge in [0.2, 0.25) is 0 Å². The molecule has 0 spiro atoms. The number of benzene rings is 6. The van der Waals surface area contributed by atoms with E-state index in [-0.39, 0.29) is 0 Å². The van der Waals surface area contributed by atoms with Crippen molar-refractivity contribution in [3.63, 3.8) is 0 Å². The second-order valence-electron chi connectivity index (χ2n) is 11.6. The van der Waals surface area contributed by atoms with E-state index in [0.29, 0.717) is 0 Å². The van der Waals surface area contributed by atoms with Gasteiger partial charge in [-0.2, -0.15) is 0 Å². The van der Waals surface area contributed by atoms with E-state index in [4.69, 9.17) is 9.40 Å². The lowest BCUT2D eigenvalue weighted by molar-refractivity contribution is 0.668. The summed E-state index contributed by atoms with van der Waals surface area (Å²) in [4.78, 5) is 4.86. The van der Waals surface area contributed by atoms with Crippen molar-refractivity contribution in [1.82, 2.24) is 9.55 Å². The van der Waals surface area contributed by atoms with Crippen LogP contribution in [0, 0.1) is 0 Å². The lowest BCUT2D eigenvalue weighted by Crippen LogP contribution is -1.94. The molecule has 0 N–H and O–H groups in total. The Kier molecular flexibility index (Phi) is 5.16. The van der Waals surface area contributed by atoms with Gasteiger partial charge < -0.3 is 8.98 Å². The average Bonchev–Trinajstić information content (AvgIpc) is 3.77. The summed E-state index contributed by atoms with van der Waals surface area (Å²) >= 11 is 1.88. The van der Waals surface area contributed by atoms with Crippen molar-refractivity contribution >= 4 is 75.3 Å². The van der Waals surface area contributed by atoms with Crippen molar-refractivity contribution in [1.29, 1.82) is 0 Å². The monoisotopic (exact) mass is 592 g/mol. The number of nitrogens with zero attached hydrogens (tertiary/aromatic N) is 2. The summed E-state index contributed by atoms with van der Waals surface area (Å²) in [7, 11) is 0. The molecule has 0 aliphatic rings. The van der Waals surface area contributed by atoms with Crippen LogP contribution in [0.5, 0.6) is 0 Å². The minimum absolute atomic E-state index is 0.852. The van der Waals surface area contributed by atoms with Crippen LogP contribution in [-0.2, 0) is 0 Å². The maximum atomic E-state index is 6.18. The van der Waals surface area contributed by atoms with Crippen LogP contribution in [0.3, 0.4) is 0 Å². The highest BCUT2D eigenvalue weighted by atomic mass is 32.1. The fraction of sp³-hybridized carbons (Fsp3) is 0. The molecule has 4 heterocycles. The second kappa shape index (κ2) is 9.39. The molecule has 4 heteroatoms. The van der Waals surface area contributed by atoms with Gasteiger partial charge in [0.1, 0.15) is 11.2 Å². The van der Waals surface area contributed by atoms with Crippen molar-refractivity contribution in [2.75, 3.05) is 0 Å². The minimum atomic E-state index is 0.852. The second-order valence-corrected chi connectivity index (χ2v) is 12.6. The summed E-state index contributed by atoms with van der Waals surface area (Å²) in [6.45, 7) is 0. The van der Waals surface area contributed by atoms with Gasteiger partial charge in [-0.15, -0.1) is 11.3 Å². The summed E-state index contributed by atoms with van der Waals surface area (Å²) in [5.41, 5.74) is 9.66. The molecule has 0 aliphatic heterocycles. The molecule has 4 aromatic heterocycles. The van der Waals surface area contributed by atoms with Gasteiger partial charge in [0.15, 0.2) is 0 Å². The Labute approximate surface area is 262 Å². The van der Waals surface area contributed by atoms with Crippen LogP contribution >= 0.6 is 11.3 Å². The normalized spacial score (nSPS) is 12.0. The van der Waals surface area contributed by atoms with E-state index >= 15 is 0 Å². The summed E-state index contributed by atoms with van der Waals surface area (Å²) in [6.07, 6.45) is 1.93. The highest BCUT2D eigenvalue weighted by Crippen LogP contribution is 2.42. The lowest BCUT2D eigenvalue weighted by atomic mass is 10.0. The van der Waals surface area contributed by atoms with Crippen molar-refractivity contribution in [3.05, 3.63) is 146 Å². The van der Waals surface area contributed by atoms with E-state index in [2.05, 4.69) is 126 Å². The van der Waals surface area contributed by atoms with Crippen LogP contribution in [0.25, 0.3) is 92.0 Å². The number of aromatic nitrogens is 2. The predicted molar refractivity (Wildman–Crippen MR) is 190 cm³/mol. The van der Waals surface area contributed by atoms with Crippen LogP contribution < -0.4 is 0 Å². The number of hydrogen-bond donors (Lipinski definition) is 0. The molecular formula is C41H24N2OS. The zero-order chi connectivity index (χ0) is 29.5. The Balaban J connectivity index is 1.14. The first kappa shape index (κ1) is 24.7. The van der Waals surface area contributed by atoms with Gasteiger partial charge in [0, 0.05) is 65.2 Å². The predicted octanol–water partition coefficient (Wildman–Crippen LogP) is 11.8. The first-order valence-electron chi connectivity index (χ1n) is 15.1. The first-order chi connectivity index (χ1) is 22.3. The molecule has 10 aromatic rings. The standard InChI is InChI=1S/C41H24N2OS/c1-4-16-36-29(11-1)33-22-25(28-14-8-15-32-31-13-3-6-18-40(31)45-41(28)32)19-20-37(33)43(36)27-10-7-9-26(21-27)35-23-39-34(24-42-35)30-12-2-5-17-38(30)44-39/h1-24H. The molecule has 0 fully saturated rings. The molecule has 210 valence electrons. The van der Waals surface area contributed by atoms with Crippen LogP contribution in [0.15, 0.2) is 150 Å². The van der Waals surface area contributed by atoms with Crippen molar-refractivity contribution in [2.45, 2.75) is 0 Å². The quantitative estimate of drug-likeness (QED) is 0.204. The van der Waals surface area contributed by atoms with Gasteiger partial charge in [-0.25, -0.2) is 0 Å². The maximum Gasteiger partial charge on any atom is 0.139 e. The van der Waals surface area contributed by atoms with Gasteiger partial charge in [-0.1, -0.05) is 91.0 Å². The van der Waals surface area contributed by atoms with Crippen LogP contribution in [-0.4, -0.2) is 9.55 Å². The number of fused-ring (bicyclic) bond motifs is 9. The lowest BCUT2D eigenvalue weighted by Gasteiger charge is -2.10. The molecule has 0 bridgehead atoms. The van der Waals surface area contributed by atoms with Crippen LogP contribution in [0.4, 0.5) is 0 Å². The third kappa shape index (κ3) is 3.67. The Morgan fingerprint density at radius 2 is 1.29 bits per heavy atom. The van der Waals surface area contributed by atoms with Crippen molar-refractivity contribution in [3.8, 4) is 28.1 Å². The smallest absolute Gasteiger partial charge is 0.139 e. The molecule has 10 rings (SSSR count). The minimum Gasteiger partial charge on any atom is -0.456 e. The van der Waals surface area contributed by atoms with E-state index in [1.807, 2.05) is 35.7 Å². The third-order valence-corrected chi connectivity index (χ3v) is 10.3. The molecule has 0 unspecified atom stereocenters. The maximum absolute atomic E-state index is 6.18. The van der Waals surface area contributed by atoms with E-state index in [9.17, 15) is 0 Å². The number of furan rings is 1. The molecule has 3 nitrogen and oxygen atoms in total. The van der Waals surface area contributed by atoms with Crippen molar-refractivity contribution in [2.24, 2.45) is 0 Å². The Morgan fingerprint density at radius 3 is 2.24 bits per heavy atom. The molecule has 0 amide bonds. The van der Waals surface area contributed by atoms with Gasteiger partial charge in [-0.05, 0) is 53.6 Å². The van der Waals surface area contributed by atoms with Gasteiger partial charge in [0.25, 0.3) is 0 Å². The number of hydrogen-bond acceptors (Lipinski definition) is 3. The van der Waals surface area contributed by atoms with Crippen LogP contribution in [0.1, 0.15) is 0 Å². The molecule has 0 saturated carbocycles. The molecule has 0 saturated heterocycles. The first-order valence-corrected chi connectivity index (χ1v) is 15.9. The molecule has 0 radical (unpaired) electrons. The van der Waals surface area contributed by atoms with E-state index < -0.39 is 0 Å². The number of pyridine rings is 1. The van der Waals surface area contributed by atoms with E-state index in [1.54, 1.807) is 0 Å². The highest BCUT2D eigenvalue weighted by molar-refractivity contribution is 7.26. The van der Waals surface area contributed by atoms with Gasteiger partial charge in [0.05, 0.1) is 16.7 Å².